The largest absolute Gasteiger partial charge is 0.504 e. The van der Waals surface area contributed by atoms with Gasteiger partial charge in [0.15, 0.2) is 18.2 Å². The summed E-state index contributed by atoms with van der Waals surface area (Å²) in [5, 5.41) is 18.8. The number of hydrogen-bond donors (Lipinski definition) is 3. The standard InChI is InChI=1S/C15H19N3O6.ClH.H2O/c1-15(16,6-9-3-4-10(19)11(20)5-9)13(22)24-8-18-12(21)7-17(2)14(18)23;;/h3-5,19-20H,6-8,16H2,1-2H3;1H;1H2. The van der Waals surface area contributed by atoms with Crippen LogP contribution in [0.1, 0.15) is 12.5 Å². The molecule has 1 atom stereocenters. The molecule has 26 heavy (non-hydrogen) atoms. The Morgan fingerprint density at radius 1 is 1.31 bits per heavy atom. The van der Waals surface area contributed by atoms with Crippen LogP contribution < -0.4 is 5.73 Å². The molecule has 6 N–H and O–H groups in total. The van der Waals surface area contributed by atoms with E-state index in [1.54, 1.807) is 0 Å². The summed E-state index contributed by atoms with van der Waals surface area (Å²) in [6.45, 7) is 0.858. The molecule has 3 amide bonds. The molecule has 1 heterocycles. The third-order valence-corrected chi connectivity index (χ3v) is 3.63. The number of carbonyl (C=O) groups is 3. The summed E-state index contributed by atoms with van der Waals surface area (Å²) < 4.78 is 4.99. The van der Waals surface area contributed by atoms with E-state index in [1.165, 1.54) is 37.1 Å². The van der Waals surface area contributed by atoms with E-state index in [0.29, 0.717) is 5.56 Å². The van der Waals surface area contributed by atoms with Crippen molar-refractivity contribution in [1.29, 1.82) is 0 Å². The predicted octanol–water partition coefficient (Wildman–Crippen LogP) is -0.650. The molecular formula is C15H22ClN3O7. The van der Waals surface area contributed by atoms with Crippen LogP contribution in [0.3, 0.4) is 0 Å². The number of nitrogens with two attached hydrogens (primary N) is 1. The van der Waals surface area contributed by atoms with Crippen molar-refractivity contribution < 1.29 is 34.8 Å². The highest BCUT2D eigenvalue weighted by atomic mass is 35.5. The molecule has 1 fully saturated rings. The number of hydrogen-bond acceptors (Lipinski definition) is 7. The molecule has 1 aliphatic heterocycles. The highest BCUT2D eigenvalue weighted by molar-refractivity contribution is 6.01. The van der Waals surface area contributed by atoms with Crippen molar-refractivity contribution in [3.63, 3.8) is 0 Å². The normalized spacial score (nSPS) is 15.8. The highest BCUT2D eigenvalue weighted by Gasteiger charge is 2.36. The molecule has 1 aromatic carbocycles. The molecule has 0 spiro atoms. The summed E-state index contributed by atoms with van der Waals surface area (Å²) in [6, 6.07) is 3.53. The molecule has 0 bridgehead atoms. The van der Waals surface area contributed by atoms with Gasteiger partial charge in [-0.3, -0.25) is 4.79 Å². The molecule has 0 aliphatic carbocycles. The number of benzene rings is 1. The second kappa shape index (κ2) is 8.70. The lowest BCUT2D eigenvalue weighted by molar-refractivity contribution is -0.154. The van der Waals surface area contributed by atoms with Gasteiger partial charge in [-0.2, -0.15) is 0 Å². The fourth-order valence-electron chi connectivity index (χ4n) is 2.26. The maximum Gasteiger partial charge on any atom is 0.329 e. The average Bonchev–Trinajstić information content (AvgIpc) is 2.73. The molecule has 1 aliphatic rings. The molecule has 0 saturated carbocycles. The first-order valence-electron chi connectivity index (χ1n) is 7.14. The second-order valence-electron chi connectivity index (χ2n) is 5.94. The zero-order valence-electron chi connectivity index (χ0n) is 14.3. The van der Waals surface area contributed by atoms with Gasteiger partial charge in [0.2, 0.25) is 0 Å². The predicted molar refractivity (Wildman–Crippen MR) is 92.8 cm³/mol. The summed E-state index contributed by atoms with van der Waals surface area (Å²) in [4.78, 5) is 37.5. The van der Waals surface area contributed by atoms with Crippen LogP contribution in [0.15, 0.2) is 18.2 Å². The van der Waals surface area contributed by atoms with Crippen LogP contribution in [-0.2, 0) is 20.7 Å². The van der Waals surface area contributed by atoms with Gasteiger partial charge in [0.1, 0.15) is 12.1 Å². The molecule has 11 heteroatoms. The first kappa shape index (κ1) is 23.4. The lowest BCUT2D eigenvalue weighted by Crippen LogP contribution is -2.49. The summed E-state index contributed by atoms with van der Waals surface area (Å²) in [5.41, 5.74) is 5.02. The van der Waals surface area contributed by atoms with Gasteiger partial charge < -0.3 is 31.1 Å². The van der Waals surface area contributed by atoms with Gasteiger partial charge in [-0.25, -0.2) is 14.5 Å². The number of halogens is 1. The van der Waals surface area contributed by atoms with Gasteiger partial charge in [-0.15, -0.1) is 12.4 Å². The average molecular weight is 392 g/mol. The van der Waals surface area contributed by atoms with Crippen LogP contribution in [0.25, 0.3) is 0 Å². The third kappa shape index (κ3) is 4.97. The third-order valence-electron chi connectivity index (χ3n) is 3.63. The Bertz CT molecular complexity index is 696. The monoisotopic (exact) mass is 391 g/mol. The number of phenols is 2. The van der Waals surface area contributed by atoms with E-state index in [-0.39, 0.29) is 42.3 Å². The Morgan fingerprint density at radius 2 is 1.92 bits per heavy atom. The first-order chi connectivity index (χ1) is 11.1. The lowest BCUT2D eigenvalue weighted by atomic mass is 9.94. The van der Waals surface area contributed by atoms with Crippen LogP contribution in [0, 0.1) is 0 Å². The van der Waals surface area contributed by atoms with Gasteiger partial charge >= 0.3 is 12.0 Å². The Hall–Kier alpha value is -2.56. The smallest absolute Gasteiger partial charge is 0.329 e. The van der Waals surface area contributed by atoms with Crippen LogP contribution in [-0.4, -0.2) is 69.3 Å². The van der Waals surface area contributed by atoms with Crippen molar-refractivity contribution in [1.82, 2.24) is 9.80 Å². The Kier molecular flexibility index (Phi) is 7.84. The van der Waals surface area contributed by atoms with Gasteiger partial charge in [-0.1, -0.05) is 6.07 Å². The van der Waals surface area contributed by atoms with E-state index in [0.717, 1.165) is 4.90 Å². The molecule has 10 nitrogen and oxygen atoms in total. The minimum absolute atomic E-state index is 0. The number of rotatable bonds is 5. The minimum Gasteiger partial charge on any atom is -0.504 e. The molecule has 2 rings (SSSR count). The van der Waals surface area contributed by atoms with Crippen molar-refractivity contribution in [3.05, 3.63) is 23.8 Å². The number of imide groups is 1. The number of phenolic OH excluding ortho intramolecular Hbond substituents is 2. The van der Waals surface area contributed by atoms with E-state index in [9.17, 15) is 24.6 Å². The first-order valence-corrected chi connectivity index (χ1v) is 7.14. The SMILES string of the molecule is CN1CC(=O)N(COC(=O)C(C)(N)Cc2ccc(O)c(O)c2)C1=O.Cl.O. The zero-order chi connectivity index (χ0) is 18.1. The number of ether oxygens (including phenoxy) is 1. The minimum atomic E-state index is -1.44. The van der Waals surface area contributed by atoms with Crippen molar-refractivity contribution in [2.24, 2.45) is 5.73 Å². The van der Waals surface area contributed by atoms with E-state index < -0.39 is 30.2 Å². The van der Waals surface area contributed by atoms with Crippen molar-refractivity contribution in [2.75, 3.05) is 20.3 Å². The van der Waals surface area contributed by atoms with E-state index >= 15 is 0 Å². The highest BCUT2D eigenvalue weighted by Crippen LogP contribution is 2.26. The summed E-state index contributed by atoms with van der Waals surface area (Å²) in [5.74, 6) is -1.87. The molecule has 1 saturated heterocycles. The fourth-order valence-corrected chi connectivity index (χ4v) is 2.26. The number of nitrogens with zero attached hydrogens (tertiary/aromatic N) is 2. The lowest BCUT2D eigenvalue weighted by Gasteiger charge is -2.24. The summed E-state index contributed by atoms with van der Waals surface area (Å²) >= 11 is 0. The maximum absolute atomic E-state index is 12.2. The number of aromatic hydroxyl groups is 2. The fraction of sp³-hybridized carbons (Fsp3) is 0.400. The number of likely N-dealkylation sites (N-methyl/N-ethyl adjacent to an activating group) is 1. The van der Waals surface area contributed by atoms with Gasteiger partial charge in [-0.05, 0) is 24.6 Å². The van der Waals surface area contributed by atoms with Gasteiger partial charge in [0.05, 0.1) is 0 Å². The van der Waals surface area contributed by atoms with E-state index in [4.69, 9.17) is 10.5 Å². The van der Waals surface area contributed by atoms with Crippen LogP contribution >= 0.6 is 12.4 Å². The van der Waals surface area contributed by atoms with Crippen LogP contribution in [0.4, 0.5) is 4.79 Å². The Labute approximate surface area is 155 Å². The van der Waals surface area contributed by atoms with Crippen LogP contribution in [0.5, 0.6) is 11.5 Å². The number of urea groups is 1. The quantitative estimate of drug-likeness (QED) is 0.340. The van der Waals surface area contributed by atoms with E-state index in [1.807, 2.05) is 0 Å². The Balaban J connectivity index is 0.00000312. The summed E-state index contributed by atoms with van der Waals surface area (Å²) in [6.07, 6.45) is 0.0292. The van der Waals surface area contributed by atoms with Gasteiger partial charge in [0.25, 0.3) is 5.91 Å². The molecule has 1 unspecified atom stereocenters. The van der Waals surface area contributed by atoms with Crippen molar-refractivity contribution in [2.45, 2.75) is 18.9 Å². The zero-order valence-corrected chi connectivity index (χ0v) is 15.1. The van der Waals surface area contributed by atoms with Gasteiger partial charge in [0, 0.05) is 13.5 Å². The topological polar surface area (TPSA) is 165 Å². The summed E-state index contributed by atoms with van der Waals surface area (Å²) in [7, 11) is 1.46. The molecule has 0 aromatic heterocycles. The molecule has 0 radical (unpaired) electrons. The molecular weight excluding hydrogens is 370 g/mol. The van der Waals surface area contributed by atoms with Crippen LogP contribution in [0.2, 0.25) is 0 Å². The molecule has 146 valence electrons. The Morgan fingerprint density at radius 3 is 2.42 bits per heavy atom. The maximum atomic E-state index is 12.2. The second-order valence-corrected chi connectivity index (χ2v) is 5.94. The van der Waals surface area contributed by atoms with Crippen molar-refractivity contribution >= 4 is 30.3 Å². The van der Waals surface area contributed by atoms with Crippen molar-refractivity contribution in [3.8, 4) is 11.5 Å². The number of esters is 1. The number of amides is 3. The molecule has 1 aromatic rings. The number of carbonyl (C=O) groups excluding carboxylic acids is 3. The van der Waals surface area contributed by atoms with E-state index in [2.05, 4.69) is 0 Å².